The topological polar surface area (TPSA) is 54.4 Å². The largest absolute Gasteiger partial charge is 0.481 e. The Labute approximate surface area is 200 Å². The highest BCUT2D eigenvalue weighted by Crippen LogP contribution is 2.36. The van der Waals surface area contributed by atoms with Gasteiger partial charge in [-0.15, -0.1) is 0 Å². The highest BCUT2D eigenvalue weighted by Gasteiger charge is 2.37. The average Bonchev–Trinajstić information content (AvgIpc) is 2.82. The highest BCUT2D eigenvalue weighted by atomic mass is 35.5. The van der Waals surface area contributed by atoms with Crippen LogP contribution in [0.1, 0.15) is 41.5 Å². The minimum absolute atomic E-state index is 0.104. The van der Waals surface area contributed by atoms with Gasteiger partial charge < -0.3 is 5.11 Å². The number of ketones is 1. The molecule has 0 aromatic heterocycles. The van der Waals surface area contributed by atoms with Gasteiger partial charge in [-0.05, 0) is 60.2 Å². The molecule has 3 nitrogen and oxygen atoms in total. The van der Waals surface area contributed by atoms with Crippen LogP contribution in [0.5, 0.6) is 0 Å². The lowest BCUT2D eigenvalue weighted by molar-refractivity contribution is -0.137. The zero-order valence-electron chi connectivity index (χ0n) is 18.6. The van der Waals surface area contributed by atoms with Crippen LogP contribution in [0.25, 0.3) is 12.2 Å². The Morgan fingerprint density at radius 1 is 0.909 bits per heavy atom. The minimum Gasteiger partial charge on any atom is -0.481 e. The summed E-state index contributed by atoms with van der Waals surface area (Å²) in [6.07, 6.45) is 7.78. The number of aliphatic carboxylic acids is 1. The predicted molar refractivity (Wildman–Crippen MR) is 135 cm³/mol. The Kier molecular flexibility index (Phi) is 8.39. The molecule has 3 aromatic carbocycles. The van der Waals surface area contributed by atoms with E-state index in [1.807, 2.05) is 85.8 Å². The molecular formula is C29H27ClO3. The molecule has 0 amide bonds. The summed E-state index contributed by atoms with van der Waals surface area (Å²) in [6.45, 7) is 2.04. The summed E-state index contributed by atoms with van der Waals surface area (Å²) in [6, 6.07) is 24.7. The smallest absolute Gasteiger partial charge is 0.303 e. The molecule has 0 aliphatic heterocycles. The molecule has 0 radical (unpaired) electrons. The number of hydrogen-bond donors (Lipinski definition) is 1. The Morgan fingerprint density at radius 2 is 1.58 bits per heavy atom. The molecule has 0 aliphatic rings. The summed E-state index contributed by atoms with van der Waals surface area (Å²) in [7, 11) is 0. The maximum Gasteiger partial charge on any atom is 0.303 e. The molecule has 0 saturated carbocycles. The molecule has 33 heavy (non-hydrogen) atoms. The highest BCUT2D eigenvalue weighted by molar-refractivity contribution is 6.30. The molecule has 1 N–H and O–H groups in total. The van der Waals surface area contributed by atoms with Gasteiger partial charge in [0.15, 0.2) is 5.78 Å². The summed E-state index contributed by atoms with van der Waals surface area (Å²) >= 11 is 5.96. The second kappa shape index (κ2) is 11.4. The summed E-state index contributed by atoms with van der Waals surface area (Å²) in [4.78, 5) is 25.2. The van der Waals surface area contributed by atoms with Crippen LogP contribution in [-0.2, 0) is 15.0 Å². The molecule has 0 aliphatic carbocycles. The van der Waals surface area contributed by atoms with E-state index in [2.05, 4.69) is 0 Å². The Bertz CT molecular complexity index is 1150. The van der Waals surface area contributed by atoms with E-state index in [0.717, 1.165) is 22.3 Å². The van der Waals surface area contributed by atoms with Crippen LogP contribution < -0.4 is 0 Å². The van der Waals surface area contributed by atoms with E-state index in [9.17, 15) is 14.7 Å². The van der Waals surface area contributed by atoms with Crippen molar-refractivity contribution in [1.29, 1.82) is 0 Å². The number of carbonyl (C=O) groups is 2. The van der Waals surface area contributed by atoms with Crippen LogP contribution >= 0.6 is 11.6 Å². The zero-order chi connectivity index (χ0) is 23.7. The molecule has 168 valence electrons. The summed E-state index contributed by atoms with van der Waals surface area (Å²) in [5.41, 5.74) is 2.89. The molecule has 3 rings (SSSR count). The number of carbonyl (C=O) groups excluding carboxylic acids is 1. The predicted octanol–water partition coefficient (Wildman–Crippen LogP) is 7.14. The van der Waals surface area contributed by atoms with Gasteiger partial charge in [-0.25, -0.2) is 0 Å². The number of benzene rings is 3. The van der Waals surface area contributed by atoms with Crippen LogP contribution in [0, 0.1) is 6.92 Å². The average molecular weight is 459 g/mol. The van der Waals surface area contributed by atoms with E-state index in [1.165, 1.54) is 0 Å². The van der Waals surface area contributed by atoms with Gasteiger partial charge >= 0.3 is 5.97 Å². The standard InChI is InChI=1S/C29H27ClO3/c1-22-8-5-6-9-24(22)10-7-20-29(21-19-28(32)33,25-11-3-2-4-12-25)27(31)18-15-23-13-16-26(30)17-14-23/h2-18H,19-21H2,1H3,(H,32,33)/b10-7+,18-15?. The van der Waals surface area contributed by atoms with Crippen molar-refractivity contribution in [1.82, 2.24) is 0 Å². The van der Waals surface area contributed by atoms with Gasteiger partial charge in [-0.1, -0.05) is 96.6 Å². The van der Waals surface area contributed by atoms with Crippen LogP contribution in [0.2, 0.25) is 5.02 Å². The van der Waals surface area contributed by atoms with Crippen molar-refractivity contribution < 1.29 is 14.7 Å². The van der Waals surface area contributed by atoms with E-state index >= 15 is 0 Å². The molecule has 3 aromatic rings. The number of allylic oxidation sites excluding steroid dienone is 2. The molecule has 0 bridgehead atoms. The molecule has 4 heteroatoms. The zero-order valence-corrected chi connectivity index (χ0v) is 19.3. The number of carboxylic acid groups (broad SMARTS) is 1. The first kappa shape index (κ1) is 24.2. The number of carboxylic acids is 1. The fourth-order valence-corrected chi connectivity index (χ4v) is 4.00. The van der Waals surface area contributed by atoms with Crippen molar-refractivity contribution in [2.75, 3.05) is 0 Å². The molecule has 0 saturated heterocycles. The van der Waals surface area contributed by atoms with Crippen LogP contribution in [0.3, 0.4) is 0 Å². The monoisotopic (exact) mass is 458 g/mol. The number of halogens is 1. The van der Waals surface area contributed by atoms with Gasteiger partial charge in [0.1, 0.15) is 0 Å². The fourth-order valence-electron chi connectivity index (χ4n) is 3.87. The van der Waals surface area contributed by atoms with Gasteiger partial charge in [0.2, 0.25) is 0 Å². The molecule has 0 fully saturated rings. The van der Waals surface area contributed by atoms with Gasteiger partial charge in [0.05, 0.1) is 5.41 Å². The Hall–Kier alpha value is -3.43. The minimum atomic E-state index is -0.984. The maximum atomic E-state index is 13.7. The lowest BCUT2D eigenvalue weighted by Crippen LogP contribution is -2.35. The van der Waals surface area contributed by atoms with Crippen LogP contribution in [0.15, 0.2) is 91.0 Å². The van der Waals surface area contributed by atoms with Crippen molar-refractivity contribution >= 4 is 35.5 Å². The first-order valence-corrected chi connectivity index (χ1v) is 11.3. The molecule has 0 spiro atoms. The number of rotatable bonds is 10. The molecule has 1 atom stereocenters. The van der Waals surface area contributed by atoms with E-state index < -0.39 is 11.4 Å². The van der Waals surface area contributed by atoms with Crippen molar-refractivity contribution in [3.8, 4) is 0 Å². The van der Waals surface area contributed by atoms with Crippen molar-refractivity contribution in [2.24, 2.45) is 0 Å². The fraction of sp³-hybridized carbons (Fsp3) is 0.172. The van der Waals surface area contributed by atoms with Crippen LogP contribution in [-0.4, -0.2) is 16.9 Å². The number of aryl methyl sites for hydroxylation is 1. The first-order valence-electron chi connectivity index (χ1n) is 10.9. The van der Waals surface area contributed by atoms with Crippen molar-refractivity contribution in [2.45, 2.75) is 31.6 Å². The lowest BCUT2D eigenvalue weighted by atomic mass is 9.70. The normalized spacial score (nSPS) is 13.3. The Morgan fingerprint density at radius 3 is 2.24 bits per heavy atom. The first-order chi connectivity index (χ1) is 15.9. The van der Waals surface area contributed by atoms with E-state index in [-0.39, 0.29) is 18.6 Å². The summed E-state index contributed by atoms with van der Waals surface area (Å²) in [5.74, 6) is -1.05. The van der Waals surface area contributed by atoms with E-state index in [1.54, 1.807) is 24.3 Å². The second-order valence-electron chi connectivity index (χ2n) is 8.05. The quantitative estimate of drug-likeness (QED) is 0.328. The van der Waals surface area contributed by atoms with Gasteiger partial charge in [-0.2, -0.15) is 0 Å². The van der Waals surface area contributed by atoms with Gasteiger partial charge in [-0.3, -0.25) is 9.59 Å². The van der Waals surface area contributed by atoms with E-state index in [4.69, 9.17) is 11.6 Å². The summed E-state index contributed by atoms with van der Waals surface area (Å²) < 4.78 is 0. The van der Waals surface area contributed by atoms with Crippen molar-refractivity contribution in [3.05, 3.63) is 118 Å². The third kappa shape index (κ3) is 6.53. The molecular weight excluding hydrogens is 432 g/mol. The maximum absolute atomic E-state index is 13.7. The van der Waals surface area contributed by atoms with Gasteiger partial charge in [0.25, 0.3) is 0 Å². The van der Waals surface area contributed by atoms with E-state index in [0.29, 0.717) is 11.4 Å². The molecule has 0 heterocycles. The summed E-state index contributed by atoms with van der Waals surface area (Å²) in [5, 5.41) is 10.0. The SMILES string of the molecule is Cc1ccccc1/C=C/CC(CCC(=O)O)(C(=O)C=Cc1ccc(Cl)cc1)c1ccccc1. The lowest BCUT2D eigenvalue weighted by Gasteiger charge is -2.31. The number of hydrogen-bond acceptors (Lipinski definition) is 2. The second-order valence-corrected chi connectivity index (χ2v) is 8.49. The van der Waals surface area contributed by atoms with Gasteiger partial charge in [0, 0.05) is 11.4 Å². The van der Waals surface area contributed by atoms with Crippen LogP contribution in [0.4, 0.5) is 0 Å². The Balaban J connectivity index is 1.99. The molecule has 1 unspecified atom stereocenters. The van der Waals surface area contributed by atoms with Crippen molar-refractivity contribution in [3.63, 3.8) is 0 Å². The third-order valence-corrected chi connectivity index (χ3v) is 6.07. The third-order valence-electron chi connectivity index (χ3n) is 5.81.